The molecule has 0 aliphatic heterocycles. The molecule has 3 rings (SSSR count). The minimum Gasteiger partial charge on any atom is -0.353 e. The predicted octanol–water partition coefficient (Wildman–Crippen LogP) is 2.84. The van der Waals surface area contributed by atoms with Crippen molar-refractivity contribution in [1.29, 1.82) is 0 Å². The fourth-order valence-electron chi connectivity index (χ4n) is 4.57. The maximum atomic E-state index is 12.4. The predicted molar refractivity (Wildman–Crippen MR) is 81.1 cm³/mol. The Kier molecular flexibility index (Phi) is 4.65. The van der Waals surface area contributed by atoms with E-state index in [-0.39, 0.29) is 0 Å². The van der Waals surface area contributed by atoms with E-state index < -0.39 is 0 Å². The Morgan fingerprint density at radius 3 is 2.45 bits per heavy atom. The number of hydrogen-bond acceptors (Lipinski definition) is 2. The molecule has 1 amide bonds. The first-order chi connectivity index (χ1) is 9.79. The van der Waals surface area contributed by atoms with Crippen LogP contribution in [-0.4, -0.2) is 18.5 Å². The van der Waals surface area contributed by atoms with Crippen molar-refractivity contribution in [3.8, 4) is 0 Å². The van der Waals surface area contributed by atoms with Crippen LogP contribution in [0.2, 0.25) is 0 Å². The van der Waals surface area contributed by atoms with Gasteiger partial charge in [-0.25, -0.2) is 0 Å². The molecule has 0 aromatic rings. The van der Waals surface area contributed by atoms with Crippen LogP contribution < -0.4 is 11.1 Å². The lowest BCUT2D eigenvalue weighted by Gasteiger charge is -2.31. The van der Waals surface area contributed by atoms with Crippen molar-refractivity contribution >= 4 is 5.91 Å². The summed E-state index contributed by atoms with van der Waals surface area (Å²) in [5, 5.41) is 3.33. The highest BCUT2D eigenvalue weighted by Crippen LogP contribution is 2.49. The van der Waals surface area contributed by atoms with Gasteiger partial charge in [-0.2, -0.15) is 0 Å². The Balaban J connectivity index is 1.47. The topological polar surface area (TPSA) is 55.1 Å². The molecule has 4 unspecified atom stereocenters. The normalized spacial score (nSPS) is 38.5. The third-order valence-electron chi connectivity index (χ3n) is 5.97. The number of carbonyl (C=O) groups is 1. The summed E-state index contributed by atoms with van der Waals surface area (Å²) in [5.74, 6) is 2.73. The van der Waals surface area contributed by atoms with E-state index in [0.717, 1.165) is 25.3 Å². The zero-order valence-corrected chi connectivity index (χ0v) is 12.7. The molecule has 0 saturated heterocycles. The van der Waals surface area contributed by atoms with Crippen molar-refractivity contribution < 1.29 is 4.79 Å². The van der Waals surface area contributed by atoms with Crippen molar-refractivity contribution in [2.75, 3.05) is 6.54 Å². The molecule has 3 N–H and O–H groups in total. The van der Waals surface area contributed by atoms with Gasteiger partial charge in [0, 0.05) is 12.0 Å². The molecule has 4 atom stereocenters. The van der Waals surface area contributed by atoms with E-state index in [9.17, 15) is 4.79 Å². The molecule has 3 aliphatic carbocycles. The Morgan fingerprint density at radius 2 is 1.70 bits per heavy atom. The van der Waals surface area contributed by atoms with Gasteiger partial charge in [-0.15, -0.1) is 0 Å². The molecule has 3 aliphatic rings. The van der Waals surface area contributed by atoms with Gasteiger partial charge in [0.15, 0.2) is 0 Å². The second kappa shape index (κ2) is 6.46. The van der Waals surface area contributed by atoms with Crippen molar-refractivity contribution in [2.45, 2.75) is 70.3 Å². The largest absolute Gasteiger partial charge is 0.353 e. The van der Waals surface area contributed by atoms with Crippen LogP contribution in [0.3, 0.4) is 0 Å². The van der Waals surface area contributed by atoms with Gasteiger partial charge >= 0.3 is 0 Å². The second-order valence-corrected chi connectivity index (χ2v) is 7.30. The van der Waals surface area contributed by atoms with Gasteiger partial charge in [0.05, 0.1) is 0 Å². The highest BCUT2D eigenvalue weighted by molar-refractivity contribution is 5.81. The van der Waals surface area contributed by atoms with E-state index in [1.807, 2.05) is 0 Å². The van der Waals surface area contributed by atoms with Crippen LogP contribution in [0.15, 0.2) is 0 Å². The molecule has 3 fully saturated rings. The van der Waals surface area contributed by atoms with E-state index in [0.29, 0.717) is 29.7 Å². The lowest BCUT2D eigenvalue weighted by molar-refractivity contribution is -0.124. The number of nitrogens with one attached hydrogen (secondary N) is 1. The minimum atomic E-state index is 0.332. The SMILES string of the molecule is NCC1CCCCC1NC(=O)C1CC1C1CCCCC1. The quantitative estimate of drug-likeness (QED) is 0.831. The molecule has 20 heavy (non-hydrogen) atoms. The summed E-state index contributed by atoms with van der Waals surface area (Å²) in [6.07, 6.45) is 12.9. The highest BCUT2D eigenvalue weighted by Gasteiger charge is 2.47. The molecule has 0 aromatic carbocycles. The molecule has 3 nitrogen and oxygen atoms in total. The average molecular weight is 278 g/mol. The van der Waals surface area contributed by atoms with Gasteiger partial charge in [0.25, 0.3) is 0 Å². The van der Waals surface area contributed by atoms with Gasteiger partial charge in [-0.1, -0.05) is 44.9 Å². The molecule has 0 heterocycles. The van der Waals surface area contributed by atoms with E-state index in [4.69, 9.17) is 5.73 Å². The lowest BCUT2D eigenvalue weighted by atomic mass is 9.84. The molecule has 114 valence electrons. The Hall–Kier alpha value is -0.570. The van der Waals surface area contributed by atoms with E-state index >= 15 is 0 Å². The Bertz CT molecular complexity index is 338. The average Bonchev–Trinajstić information content (AvgIpc) is 3.29. The summed E-state index contributed by atoms with van der Waals surface area (Å²) in [7, 11) is 0. The fourth-order valence-corrected chi connectivity index (χ4v) is 4.57. The van der Waals surface area contributed by atoms with Gasteiger partial charge in [0.1, 0.15) is 0 Å². The van der Waals surface area contributed by atoms with Crippen molar-refractivity contribution in [2.24, 2.45) is 29.4 Å². The minimum absolute atomic E-state index is 0.332. The summed E-state index contributed by atoms with van der Waals surface area (Å²) in [5.41, 5.74) is 5.85. The van der Waals surface area contributed by atoms with Gasteiger partial charge in [0.2, 0.25) is 5.91 Å². The Morgan fingerprint density at radius 1 is 1.00 bits per heavy atom. The zero-order chi connectivity index (χ0) is 13.9. The number of nitrogens with two attached hydrogens (primary N) is 1. The van der Waals surface area contributed by atoms with Crippen LogP contribution in [0.5, 0.6) is 0 Å². The first-order valence-electron chi connectivity index (χ1n) is 8.80. The number of hydrogen-bond donors (Lipinski definition) is 2. The second-order valence-electron chi connectivity index (χ2n) is 7.30. The third-order valence-corrected chi connectivity index (χ3v) is 5.97. The third kappa shape index (κ3) is 3.19. The van der Waals surface area contributed by atoms with Crippen molar-refractivity contribution in [3.63, 3.8) is 0 Å². The summed E-state index contributed by atoms with van der Waals surface area (Å²) in [6.45, 7) is 0.724. The zero-order valence-electron chi connectivity index (χ0n) is 12.7. The summed E-state index contributed by atoms with van der Waals surface area (Å²) >= 11 is 0. The van der Waals surface area contributed by atoms with Crippen molar-refractivity contribution in [3.05, 3.63) is 0 Å². The van der Waals surface area contributed by atoms with Crippen molar-refractivity contribution in [1.82, 2.24) is 5.32 Å². The molecule has 3 saturated carbocycles. The van der Waals surface area contributed by atoms with Gasteiger partial charge in [-0.3, -0.25) is 4.79 Å². The van der Waals surface area contributed by atoms with Gasteiger partial charge < -0.3 is 11.1 Å². The van der Waals surface area contributed by atoms with Crippen LogP contribution in [0, 0.1) is 23.7 Å². The maximum absolute atomic E-state index is 12.4. The maximum Gasteiger partial charge on any atom is 0.223 e. The highest BCUT2D eigenvalue weighted by atomic mass is 16.2. The summed E-state index contributed by atoms with van der Waals surface area (Å²) in [4.78, 5) is 12.4. The number of amides is 1. The molecule has 0 spiro atoms. The first kappa shape index (κ1) is 14.4. The van der Waals surface area contributed by atoms with Gasteiger partial charge in [-0.05, 0) is 43.6 Å². The molecule has 3 heteroatoms. The molecule has 0 radical (unpaired) electrons. The molecule has 0 aromatic heterocycles. The first-order valence-corrected chi connectivity index (χ1v) is 8.80. The van der Waals surface area contributed by atoms with E-state index in [2.05, 4.69) is 5.32 Å². The molecular weight excluding hydrogens is 248 g/mol. The smallest absolute Gasteiger partial charge is 0.223 e. The molecular formula is C17H30N2O. The lowest BCUT2D eigenvalue weighted by Crippen LogP contribution is -2.45. The van der Waals surface area contributed by atoms with Crippen LogP contribution in [0.1, 0.15) is 64.2 Å². The van der Waals surface area contributed by atoms with Crippen LogP contribution in [0.4, 0.5) is 0 Å². The number of carbonyl (C=O) groups excluding carboxylic acids is 1. The Labute approximate surface area is 123 Å². The van der Waals surface area contributed by atoms with Crippen LogP contribution >= 0.6 is 0 Å². The standard InChI is InChI=1S/C17H30N2O/c18-11-13-8-4-5-9-16(13)19-17(20)15-10-14(15)12-6-2-1-3-7-12/h12-16H,1-11,18H2,(H,19,20). The number of rotatable bonds is 4. The fraction of sp³-hybridized carbons (Fsp3) is 0.941. The summed E-state index contributed by atoms with van der Waals surface area (Å²) in [6, 6.07) is 0.355. The van der Waals surface area contributed by atoms with E-state index in [1.54, 1.807) is 0 Å². The van der Waals surface area contributed by atoms with E-state index in [1.165, 1.54) is 51.4 Å². The summed E-state index contributed by atoms with van der Waals surface area (Å²) < 4.78 is 0. The van der Waals surface area contributed by atoms with Crippen LogP contribution in [0.25, 0.3) is 0 Å². The van der Waals surface area contributed by atoms with Crippen LogP contribution in [-0.2, 0) is 4.79 Å². The molecule has 0 bridgehead atoms. The monoisotopic (exact) mass is 278 g/mol.